The van der Waals surface area contributed by atoms with Crippen LogP contribution >= 0.6 is 0 Å². The number of rotatable bonds is 1. The summed E-state index contributed by atoms with van der Waals surface area (Å²) >= 11 is 0. The van der Waals surface area contributed by atoms with Crippen LogP contribution in [0.3, 0.4) is 0 Å². The molecule has 1 aromatic carbocycles. The Hall–Kier alpha value is -3.80. The predicted octanol–water partition coefficient (Wildman–Crippen LogP) is 3.89. The molecule has 0 saturated carbocycles. The molecule has 1 amide bonds. The molecule has 2 unspecified atom stereocenters. The Morgan fingerprint density at radius 1 is 1.17 bits per heavy atom. The summed E-state index contributed by atoms with van der Waals surface area (Å²) in [4.78, 5) is 27.1. The Labute approximate surface area is 195 Å². The average molecular weight is 486 g/mol. The van der Waals surface area contributed by atoms with Crippen LogP contribution in [0.5, 0.6) is 0 Å². The van der Waals surface area contributed by atoms with Crippen molar-refractivity contribution in [3.8, 4) is 0 Å². The van der Waals surface area contributed by atoms with Gasteiger partial charge in [-0.15, -0.1) is 0 Å². The lowest BCUT2D eigenvalue weighted by Crippen LogP contribution is -2.48. The molecule has 12 heteroatoms. The number of alkyl halides is 3. The first-order chi connectivity index (χ1) is 16.7. The first-order valence-corrected chi connectivity index (χ1v) is 10.9. The van der Waals surface area contributed by atoms with Crippen LogP contribution in [0.4, 0.5) is 23.4 Å². The number of fused-ring (bicyclic) bond motifs is 6. The number of nitrogen functional groups attached to an aromatic ring is 1. The molecular weight excluding hydrogens is 468 g/mol. The van der Waals surface area contributed by atoms with E-state index in [1.807, 2.05) is 0 Å². The van der Waals surface area contributed by atoms with Gasteiger partial charge in [0.25, 0.3) is 5.91 Å². The lowest BCUT2D eigenvalue weighted by molar-refractivity contribution is -0.141. The molecule has 8 nitrogen and oxygen atoms in total. The number of anilines is 1. The second-order valence-corrected chi connectivity index (χ2v) is 8.63. The summed E-state index contributed by atoms with van der Waals surface area (Å²) in [6.45, 7) is 0.209. The third kappa shape index (κ3) is 3.39. The SMILES string of the molecule is Nc1nc2cc(F)c(C(=O)N3CCCC4OCc5nc(C(F)(F)F)ccc5C43)cc2n2cncc12. The Kier molecular flexibility index (Phi) is 4.72. The molecule has 0 radical (unpaired) electrons. The number of ether oxygens (including phenoxy) is 1. The van der Waals surface area contributed by atoms with E-state index in [2.05, 4.69) is 15.0 Å². The van der Waals surface area contributed by atoms with Gasteiger partial charge >= 0.3 is 6.18 Å². The predicted molar refractivity (Wildman–Crippen MR) is 116 cm³/mol. The van der Waals surface area contributed by atoms with E-state index in [-0.39, 0.29) is 29.2 Å². The molecule has 35 heavy (non-hydrogen) atoms. The van der Waals surface area contributed by atoms with Crippen molar-refractivity contribution in [2.24, 2.45) is 0 Å². The van der Waals surface area contributed by atoms with Crippen molar-refractivity contribution in [1.82, 2.24) is 24.3 Å². The fourth-order valence-corrected chi connectivity index (χ4v) is 4.99. The Morgan fingerprint density at radius 3 is 2.80 bits per heavy atom. The number of carbonyl (C=O) groups excluding carboxylic acids is 1. The van der Waals surface area contributed by atoms with Crippen LogP contribution in [0.2, 0.25) is 0 Å². The minimum atomic E-state index is -4.60. The maximum Gasteiger partial charge on any atom is 0.433 e. The first kappa shape index (κ1) is 21.7. The number of piperidine rings is 1. The van der Waals surface area contributed by atoms with Crippen molar-refractivity contribution >= 4 is 28.3 Å². The summed E-state index contributed by atoms with van der Waals surface area (Å²) in [6, 6.07) is 4.11. The largest absolute Gasteiger partial charge is 0.433 e. The lowest BCUT2D eigenvalue weighted by atomic mass is 9.88. The highest BCUT2D eigenvalue weighted by Gasteiger charge is 2.42. The van der Waals surface area contributed by atoms with Gasteiger partial charge in [-0.2, -0.15) is 13.2 Å². The van der Waals surface area contributed by atoms with Crippen LogP contribution < -0.4 is 5.73 Å². The van der Waals surface area contributed by atoms with Crippen LogP contribution in [-0.2, 0) is 17.5 Å². The molecule has 4 aromatic rings. The quantitative estimate of drug-likeness (QED) is 0.410. The second kappa shape index (κ2) is 7.60. The number of halogens is 4. The van der Waals surface area contributed by atoms with Gasteiger partial charge in [0.2, 0.25) is 0 Å². The number of carbonyl (C=O) groups is 1. The fraction of sp³-hybridized carbons (Fsp3) is 0.304. The van der Waals surface area contributed by atoms with E-state index in [9.17, 15) is 18.0 Å². The van der Waals surface area contributed by atoms with Crippen molar-refractivity contribution in [1.29, 1.82) is 0 Å². The molecule has 180 valence electrons. The molecule has 2 aliphatic rings. The molecule has 2 aliphatic heterocycles. The van der Waals surface area contributed by atoms with Gasteiger partial charge in [0, 0.05) is 18.2 Å². The maximum absolute atomic E-state index is 15.2. The van der Waals surface area contributed by atoms with Crippen LogP contribution in [0, 0.1) is 5.82 Å². The number of aromatic nitrogens is 4. The van der Waals surface area contributed by atoms with E-state index in [0.29, 0.717) is 36.0 Å². The van der Waals surface area contributed by atoms with E-state index in [1.54, 1.807) is 4.40 Å². The topological polar surface area (TPSA) is 98.6 Å². The number of nitrogens with two attached hydrogens (primary N) is 1. The van der Waals surface area contributed by atoms with Crippen LogP contribution in [0.15, 0.2) is 36.8 Å². The summed E-state index contributed by atoms with van der Waals surface area (Å²) in [5.74, 6) is -1.20. The summed E-state index contributed by atoms with van der Waals surface area (Å²) in [5.41, 5.74) is 6.54. The highest BCUT2D eigenvalue weighted by Crippen LogP contribution is 2.41. The third-order valence-corrected chi connectivity index (χ3v) is 6.59. The Morgan fingerprint density at radius 2 is 2.00 bits per heavy atom. The molecule has 1 fully saturated rings. The number of hydrogen-bond donors (Lipinski definition) is 1. The van der Waals surface area contributed by atoms with E-state index in [4.69, 9.17) is 10.5 Å². The molecule has 0 bridgehead atoms. The molecule has 0 aliphatic carbocycles. The number of hydrogen-bond acceptors (Lipinski definition) is 6. The minimum Gasteiger partial charge on any atom is -0.382 e. The van der Waals surface area contributed by atoms with Gasteiger partial charge in [0.15, 0.2) is 0 Å². The average Bonchev–Trinajstić information content (AvgIpc) is 3.33. The van der Waals surface area contributed by atoms with Crippen LogP contribution in [-0.4, -0.2) is 42.8 Å². The number of nitrogens with zero attached hydrogens (tertiary/aromatic N) is 5. The number of amides is 1. The van der Waals surface area contributed by atoms with Gasteiger partial charge in [-0.3, -0.25) is 9.20 Å². The van der Waals surface area contributed by atoms with Gasteiger partial charge in [-0.25, -0.2) is 19.3 Å². The number of imidazole rings is 1. The summed E-state index contributed by atoms with van der Waals surface area (Å²) < 4.78 is 62.1. The first-order valence-electron chi connectivity index (χ1n) is 10.9. The van der Waals surface area contributed by atoms with E-state index in [0.717, 1.165) is 12.1 Å². The molecular formula is C23H18F4N6O2. The van der Waals surface area contributed by atoms with E-state index < -0.39 is 35.7 Å². The molecule has 5 heterocycles. The number of benzene rings is 1. The van der Waals surface area contributed by atoms with Gasteiger partial charge < -0.3 is 15.4 Å². The van der Waals surface area contributed by atoms with Gasteiger partial charge in [-0.1, -0.05) is 6.07 Å². The van der Waals surface area contributed by atoms with Crippen LogP contribution in [0.1, 0.15) is 46.2 Å². The zero-order valence-electron chi connectivity index (χ0n) is 18.1. The third-order valence-electron chi connectivity index (χ3n) is 6.59. The van der Waals surface area contributed by atoms with Crippen molar-refractivity contribution in [3.05, 3.63) is 65.1 Å². The minimum absolute atomic E-state index is 0.0848. The molecule has 2 atom stereocenters. The van der Waals surface area contributed by atoms with Gasteiger partial charge in [0.1, 0.15) is 22.8 Å². The van der Waals surface area contributed by atoms with Gasteiger partial charge in [-0.05, 0) is 25.0 Å². The molecule has 1 saturated heterocycles. The highest BCUT2D eigenvalue weighted by molar-refractivity contribution is 5.98. The van der Waals surface area contributed by atoms with Crippen molar-refractivity contribution < 1.29 is 27.1 Å². The summed E-state index contributed by atoms with van der Waals surface area (Å²) in [6.07, 6.45) is -0.792. The van der Waals surface area contributed by atoms with E-state index >= 15 is 4.39 Å². The Bertz CT molecular complexity index is 1500. The van der Waals surface area contributed by atoms with Crippen molar-refractivity contribution in [2.45, 2.75) is 37.8 Å². The van der Waals surface area contributed by atoms with E-state index in [1.165, 1.54) is 29.6 Å². The highest BCUT2D eigenvalue weighted by atomic mass is 19.4. The Balaban J connectivity index is 1.44. The van der Waals surface area contributed by atoms with Crippen molar-refractivity contribution in [2.75, 3.05) is 12.3 Å². The van der Waals surface area contributed by atoms with Gasteiger partial charge in [0.05, 0.1) is 53.6 Å². The summed E-state index contributed by atoms with van der Waals surface area (Å²) in [5, 5.41) is 0. The fourth-order valence-electron chi connectivity index (χ4n) is 4.99. The smallest absolute Gasteiger partial charge is 0.382 e. The number of likely N-dealkylation sites (tertiary alicyclic amines) is 1. The zero-order chi connectivity index (χ0) is 24.5. The lowest BCUT2D eigenvalue weighted by Gasteiger charge is -2.44. The number of pyridine rings is 1. The summed E-state index contributed by atoms with van der Waals surface area (Å²) in [7, 11) is 0. The van der Waals surface area contributed by atoms with Crippen molar-refractivity contribution in [3.63, 3.8) is 0 Å². The monoisotopic (exact) mass is 486 g/mol. The second-order valence-electron chi connectivity index (χ2n) is 8.63. The molecule has 6 rings (SSSR count). The normalized spacial score (nSPS) is 20.2. The standard InChI is InChI=1S/C23H18F4N6O2/c24-13-7-14-16(33-10-29-8-17(33)21(28)31-14)6-12(13)22(34)32-5-1-2-18-20(32)11-3-4-19(23(25,26)27)30-15(11)9-35-18/h3-4,6-8,10,18,20H,1-2,5,9H2,(H2,28,31). The molecule has 0 spiro atoms. The van der Waals surface area contributed by atoms with Crippen LogP contribution in [0.25, 0.3) is 16.6 Å². The zero-order valence-corrected chi connectivity index (χ0v) is 18.1. The molecule has 3 aromatic heterocycles. The maximum atomic E-state index is 15.2. The molecule has 2 N–H and O–H groups in total.